The van der Waals surface area contributed by atoms with Crippen LogP contribution in [0.1, 0.15) is 53.9 Å². The summed E-state index contributed by atoms with van der Waals surface area (Å²) >= 11 is 0. The van der Waals surface area contributed by atoms with E-state index in [9.17, 15) is 4.79 Å². The average molecular weight is 283 g/mol. The first-order valence-corrected chi connectivity index (χ1v) is 8.04. The number of nitrogens with one attached hydrogen (secondary N) is 1. The highest BCUT2D eigenvalue weighted by Crippen LogP contribution is 2.25. The van der Waals surface area contributed by atoms with Crippen LogP contribution in [0, 0.1) is 11.8 Å². The molecule has 1 amide bonds. The fourth-order valence-electron chi connectivity index (χ4n) is 3.29. The van der Waals surface area contributed by atoms with Crippen LogP contribution in [0.2, 0.25) is 0 Å². The molecule has 1 heterocycles. The lowest BCUT2D eigenvalue weighted by Gasteiger charge is -2.35. The summed E-state index contributed by atoms with van der Waals surface area (Å²) in [6.45, 7) is 13.5. The van der Waals surface area contributed by atoms with Crippen molar-refractivity contribution in [3.63, 3.8) is 0 Å². The first-order chi connectivity index (χ1) is 9.24. The number of nitrogens with two attached hydrogens (primary N) is 1. The lowest BCUT2D eigenvalue weighted by Crippen LogP contribution is -2.61. The second-order valence-corrected chi connectivity index (χ2v) is 7.21. The lowest BCUT2D eigenvalue weighted by atomic mass is 9.89. The molecule has 1 saturated heterocycles. The van der Waals surface area contributed by atoms with Gasteiger partial charge in [-0.15, -0.1) is 0 Å². The first kappa shape index (κ1) is 17.4. The van der Waals surface area contributed by atoms with E-state index >= 15 is 0 Å². The van der Waals surface area contributed by atoms with Crippen LogP contribution in [-0.2, 0) is 4.79 Å². The smallest absolute Gasteiger partial charge is 0.238 e. The molecule has 0 aromatic heterocycles. The monoisotopic (exact) mass is 283 g/mol. The third-order valence-corrected chi connectivity index (χ3v) is 4.50. The summed E-state index contributed by atoms with van der Waals surface area (Å²) in [6.07, 6.45) is 3.76. The Kier molecular flexibility index (Phi) is 6.46. The van der Waals surface area contributed by atoms with Gasteiger partial charge >= 0.3 is 0 Å². The van der Waals surface area contributed by atoms with Gasteiger partial charge in [0.2, 0.25) is 5.91 Å². The molecule has 0 aliphatic carbocycles. The number of hydrogen-bond acceptors (Lipinski definition) is 3. The third-order valence-electron chi connectivity index (χ3n) is 4.50. The van der Waals surface area contributed by atoms with E-state index in [1.807, 2.05) is 6.92 Å². The Labute approximate surface area is 124 Å². The maximum atomic E-state index is 11.8. The Bertz CT molecular complexity index is 317. The first-order valence-electron chi connectivity index (χ1n) is 8.04. The molecule has 0 radical (unpaired) electrons. The second kappa shape index (κ2) is 7.41. The van der Waals surface area contributed by atoms with Crippen LogP contribution in [0.25, 0.3) is 0 Å². The summed E-state index contributed by atoms with van der Waals surface area (Å²) in [5.74, 6) is 1.32. The van der Waals surface area contributed by atoms with Crippen molar-refractivity contribution in [2.24, 2.45) is 17.6 Å². The number of amides is 1. The van der Waals surface area contributed by atoms with Crippen LogP contribution in [-0.4, -0.2) is 42.0 Å². The SMILES string of the molecule is CC(C)NC(C)(CN1CCCC(C(C)C)CC1)C(N)=O. The predicted octanol–water partition coefficient (Wildman–Crippen LogP) is 1.99. The maximum absolute atomic E-state index is 11.8. The van der Waals surface area contributed by atoms with Crippen molar-refractivity contribution < 1.29 is 4.79 Å². The van der Waals surface area contributed by atoms with Gasteiger partial charge in [0.25, 0.3) is 0 Å². The third kappa shape index (κ3) is 5.06. The standard InChI is InChI=1S/C16H33N3O/c1-12(2)14-7-6-9-19(10-8-14)11-16(5,15(17)20)18-13(3)4/h12-14,18H,6-11H2,1-5H3,(H2,17,20). The Morgan fingerprint density at radius 2 is 1.95 bits per heavy atom. The largest absolute Gasteiger partial charge is 0.368 e. The van der Waals surface area contributed by atoms with Crippen molar-refractivity contribution in [3.05, 3.63) is 0 Å². The van der Waals surface area contributed by atoms with E-state index in [1.165, 1.54) is 19.3 Å². The molecule has 1 rings (SSSR count). The van der Waals surface area contributed by atoms with Gasteiger partial charge in [-0.1, -0.05) is 13.8 Å². The number of carbonyl (C=O) groups excluding carboxylic acids is 1. The summed E-state index contributed by atoms with van der Waals surface area (Å²) in [6, 6.07) is 0.253. The topological polar surface area (TPSA) is 58.4 Å². The molecule has 0 saturated carbocycles. The van der Waals surface area contributed by atoms with E-state index in [-0.39, 0.29) is 11.9 Å². The Hall–Kier alpha value is -0.610. The lowest BCUT2D eigenvalue weighted by molar-refractivity contribution is -0.124. The number of rotatable bonds is 6. The van der Waals surface area contributed by atoms with Crippen molar-refractivity contribution in [3.8, 4) is 0 Å². The van der Waals surface area contributed by atoms with E-state index in [0.717, 1.165) is 24.9 Å². The molecular weight excluding hydrogens is 250 g/mol. The van der Waals surface area contributed by atoms with Crippen LogP contribution < -0.4 is 11.1 Å². The zero-order valence-electron chi connectivity index (χ0n) is 13.9. The van der Waals surface area contributed by atoms with Crippen molar-refractivity contribution in [1.29, 1.82) is 0 Å². The summed E-state index contributed by atoms with van der Waals surface area (Å²) in [7, 11) is 0. The number of likely N-dealkylation sites (tertiary alicyclic amines) is 1. The van der Waals surface area contributed by atoms with E-state index in [2.05, 4.69) is 37.9 Å². The van der Waals surface area contributed by atoms with Gasteiger partial charge in [-0.2, -0.15) is 0 Å². The van der Waals surface area contributed by atoms with Gasteiger partial charge in [0, 0.05) is 12.6 Å². The van der Waals surface area contributed by atoms with Gasteiger partial charge in [0.05, 0.1) is 0 Å². The van der Waals surface area contributed by atoms with Crippen molar-refractivity contribution in [2.75, 3.05) is 19.6 Å². The normalized spacial score (nSPS) is 24.6. The average Bonchev–Trinajstić information content (AvgIpc) is 2.53. The van der Waals surface area contributed by atoms with Gasteiger partial charge in [-0.25, -0.2) is 0 Å². The van der Waals surface area contributed by atoms with Gasteiger partial charge < -0.3 is 16.0 Å². The molecule has 2 unspecified atom stereocenters. The summed E-state index contributed by atoms with van der Waals surface area (Å²) < 4.78 is 0. The van der Waals surface area contributed by atoms with Gasteiger partial charge in [0.15, 0.2) is 0 Å². The molecule has 0 spiro atoms. The minimum absolute atomic E-state index is 0.253. The molecule has 0 aromatic rings. The fraction of sp³-hybridized carbons (Fsp3) is 0.938. The predicted molar refractivity (Wildman–Crippen MR) is 84.5 cm³/mol. The van der Waals surface area contributed by atoms with Crippen LogP contribution in [0.4, 0.5) is 0 Å². The Morgan fingerprint density at radius 3 is 2.45 bits per heavy atom. The number of nitrogens with zero attached hydrogens (tertiary/aromatic N) is 1. The van der Waals surface area contributed by atoms with Gasteiger partial charge in [-0.05, 0) is 65.0 Å². The molecule has 0 bridgehead atoms. The summed E-state index contributed by atoms with van der Waals surface area (Å²) in [5.41, 5.74) is 4.99. The second-order valence-electron chi connectivity index (χ2n) is 7.21. The fourth-order valence-corrected chi connectivity index (χ4v) is 3.29. The highest BCUT2D eigenvalue weighted by atomic mass is 16.1. The minimum atomic E-state index is -0.633. The molecule has 1 aliphatic rings. The zero-order chi connectivity index (χ0) is 15.3. The zero-order valence-corrected chi connectivity index (χ0v) is 13.9. The molecule has 4 heteroatoms. The molecule has 1 aliphatic heterocycles. The van der Waals surface area contributed by atoms with Crippen molar-refractivity contribution in [2.45, 2.75) is 65.5 Å². The maximum Gasteiger partial charge on any atom is 0.238 e. The number of carbonyl (C=O) groups is 1. The number of primary amides is 1. The van der Waals surface area contributed by atoms with Gasteiger partial charge in [-0.3, -0.25) is 4.79 Å². The quantitative estimate of drug-likeness (QED) is 0.784. The van der Waals surface area contributed by atoms with Crippen LogP contribution in [0.3, 0.4) is 0 Å². The van der Waals surface area contributed by atoms with Gasteiger partial charge in [0.1, 0.15) is 5.54 Å². The molecule has 3 N–H and O–H groups in total. The highest BCUT2D eigenvalue weighted by Gasteiger charge is 2.34. The highest BCUT2D eigenvalue weighted by molar-refractivity contribution is 5.84. The van der Waals surface area contributed by atoms with Crippen LogP contribution in [0.5, 0.6) is 0 Å². The summed E-state index contributed by atoms with van der Waals surface area (Å²) in [5, 5.41) is 3.34. The van der Waals surface area contributed by atoms with E-state index in [1.54, 1.807) is 0 Å². The molecule has 1 fully saturated rings. The Balaban J connectivity index is 2.63. The Morgan fingerprint density at radius 1 is 1.30 bits per heavy atom. The van der Waals surface area contributed by atoms with Crippen molar-refractivity contribution in [1.82, 2.24) is 10.2 Å². The number of hydrogen-bond donors (Lipinski definition) is 2. The molecule has 0 aromatic carbocycles. The van der Waals surface area contributed by atoms with Crippen molar-refractivity contribution >= 4 is 5.91 Å². The van der Waals surface area contributed by atoms with E-state index < -0.39 is 5.54 Å². The summed E-state index contributed by atoms with van der Waals surface area (Å²) in [4.78, 5) is 14.2. The van der Waals surface area contributed by atoms with Crippen LogP contribution >= 0.6 is 0 Å². The molecule has 2 atom stereocenters. The molecule has 4 nitrogen and oxygen atoms in total. The molecule has 118 valence electrons. The minimum Gasteiger partial charge on any atom is -0.368 e. The molecule has 20 heavy (non-hydrogen) atoms. The van der Waals surface area contributed by atoms with E-state index in [0.29, 0.717) is 6.54 Å². The molecular formula is C16H33N3O. The van der Waals surface area contributed by atoms with E-state index in [4.69, 9.17) is 5.73 Å². The van der Waals surface area contributed by atoms with Crippen LogP contribution in [0.15, 0.2) is 0 Å².